The van der Waals surface area contributed by atoms with E-state index in [1.54, 1.807) is 18.2 Å². The lowest BCUT2D eigenvalue weighted by Crippen LogP contribution is -2.34. The van der Waals surface area contributed by atoms with Crippen LogP contribution in [0.25, 0.3) is 0 Å². The first-order valence-electron chi connectivity index (χ1n) is 7.11. The van der Waals surface area contributed by atoms with E-state index in [-0.39, 0.29) is 11.0 Å². The minimum atomic E-state index is -0.279. The highest BCUT2D eigenvalue weighted by Crippen LogP contribution is 2.25. The molecule has 0 aromatic heterocycles. The van der Waals surface area contributed by atoms with E-state index in [1.165, 1.54) is 0 Å². The molecule has 0 heterocycles. The molecule has 2 rings (SSSR count). The van der Waals surface area contributed by atoms with Gasteiger partial charge in [0.15, 0.2) is 5.11 Å². The Hall–Kier alpha value is -1.92. The van der Waals surface area contributed by atoms with Gasteiger partial charge in [-0.05, 0) is 72.3 Å². The molecule has 0 saturated carbocycles. The van der Waals surface area contributed by atoms with E-state index in [2.05, 4.69) is 26.6 Å². The lowest BCUT2D eigenvalue weighted by molar-refractivity contribution is 0.0977. The predicted molar refractivity (Wildman–Crippen MR) is 100 cm³/mol. The molecule has 120 valence electrons. The largest absolute Gasteiger partial charge is 0.493 e. The van der Waals surface area contributed by atoms with Gasteiger partial charge in [0.2, 0.25) is 0 Å². The first-order chi connectivity index (χ1) is 11.0. The molecule has 0 spiro atoms. The average molecular weight is 393 g/mol. The lowest BCUT2D eigenvalue weighted by Gasteiger charge is -2.11. The average Bonchev–Trinajstić information content (AvgIpc) is 2.51. The van der Waals surface area contributed by atoms with Crippen LogP contribution in [0.3, 0.4) is 0 Å². The number of aryl methyl sites for hydroxylation is 1. The van der Waals surface area contributed by atoms with Crippen LogP contribution < -0.4 is 15.4 Å². The summed E-state index contributed by atoms with van der Waals surface area (Å²) in [5, 5.41) is 5.89. The fourth-order valence-corrected chi connectivity index (χ4v) is 2.59. The Bertz CT molecular complexity index is 717. The van der Waals surface area contributed by atoms with Gasteiger partial charge < -0.3 is 10.1 Å². The van der Waals surface area contributed by atoms with E-state index in [1.807, 2.05) is 38.1 Å². The summed E-state index contributed by atoms with van der Waals surface area (Å²) in [5.41, 5.74) is 2.48. The fourth-order valence-electron chi connectivity index (χ4n) is 1.89. The number of ether oxygens (including phenoxy) is 1. The minimum Gasteiger partial charge on any atom is -0.493 e. The number of benzene rings is 2. The number of nitrogens with one attached hydrogen (secondary N) is 2. The maximum absolute atomic E-state index is 12.2. The molecule has 0 aliphatic rings. The third kappa shape index (κ3) is 5.04. The van der Waals surface area contributed by atoms with E-state index in [4.69, 9.17) is 17.0 Å². The topological polar surface area (TPSA) is 50.4 Å². The number of thiocarbonyl (C=S) groups is 1. The zero-order valence-corrected chi connectivity index (χ0v) is 15.3. The van der Waals surface area contributed by atoms with Crippen LogP contribution in [0.5, 0.6) is 5.75 Å². The van der Waals surface area contributed by atoms with E-state index in [0.29, 0.717) is 17.9 Å². The van der Waals surface area contributed by atoms with Gasteiger partial charge in [0, 0.05) is 11.3 Å². The van der Waals surface area contributed by atoms with Crippen molar-refractivity contribution >= 4 is 44.9 Å². The summed E-state index contributed by atoms with van der Waals surface area (Å²) >= 11 is 8.56. The second-order valence-electron chi connectivity index (χ2n) is 4.85. The van der Waals surface area contributed by atoms with E-state index in [9.17, 15) is 4.79 Å². The molecule has 0 aliphatic carbocycles. The Morgan fingerprint density at radius 2 is 1.91 bits per heavy atom. The van der Waals surface area contributed by atoms with Crippen LogP contribution in [0.15, 0.2) is 46.9 Å². The summed E-state index contributed by atoms with van der Waals surface area (Å²) in [5.74, 6) is 0.419. The SMILES string of the molecule is CCOc1ccc(C(=O)NC(=S)Nc2ccc(C)cc2)cc1Br. The van der Waals surface area contributed by atoms with Crippen molar-refractivity contribution in [3.63, 3.8) is 0 Å². The molecule has 2 aromatic rings. The summed E-state index contributed by atoms with van der Waals surface area (Å²) in [4.78, 5) is 12.2. The first kappa shape index (κ1) is 17.4. The van der Waals surface area contributed by atoms with Crippen molar-refractivity contribution in [1.82, 2.24) is 5.32 Å². The molecule has 0 radical (unpaired) electrons. The lowest BCUT2D eigenvalue weighted by atomic mass is 10.2. The van der Waals surface area contributed by atoms with Crippen molar-refractivity contribution in [1.29, 1.82) is 0 Å². The molecule has 0 fully saturated rings. The van der Waals surface area contributed by atoms with E-state index in [0.717, 1.165) is 15.7 Å². The number of halogens is 1. The zero-order valence-electron chi connectivity index (χ0n) is 12.9. The van der Waals surface area contributed by atoms with Crippen LogP contribution in [-0.2, 0) is 0 Å². The van der Waals surface area contributed by atoms with Crippen LogP contribution in [0.2, 0.25) is 0 Å². The maximum atomic E-state index is 12.2. The maximum Gasteiger partial charge on any atom is 0.257 e. The Morgan fingerprint density at radius 1 is 1.22 bits per heavy atom. The van der Waals surface area contributed by atoms with E-state index < -0.39 is 0 Å². The number of hydrogen-bond acceptors (Lipinski definition) is 3. The number of rotatable bonds is 4. The monoisotopic (exact) mass is 392 g/mol. The quantitative estimate of drug-likeness (QED) is 0.762. The van der Waals surface area contributed by atoms with Crippen molar-refractivity contribution in [2.24, 2.45) is 0 Å². The highest BCUT2D eigenvalue weighted by Gasteiger charge is 2.11. The van der Waals surface area contributed by atoms with Gasteiger partial charge in [-0.1, -0.05) is 17.7 Å². The van der Waals surface area contributed by atoms with Gasteiger partial charge in [-0.3, -0.25) is 10.1 Å². The smallest absolute Gasteiger partial charge is 0.257 e. The molecule has 0 atom stereocenters. The summed E-state index contributed by atoms with van der Waals surface area (Å²) in [7, 11) is 0. The third-order valence-corrected chi connectivity index (χ3v) is 3.85. The number of carbonyl (C=O) groups is 1. The van der Waals surface area contributed by atoms with Crippen molar-refractivity contribution in [3.8, 4) is 5.75 Å². The van der Waals surface area contributed by atoms with Crippen LogP contribution in [0, 0.1) is 6.92 Å². The summed E-state index contributed by atoms with van der Waals surface area (Å²) in [6, 6.07) is 12.9. The molecule has 2 aromatic carbocycles. The third-order valence-electron chi connectivity index (χ3n) is 3.03. The summed E-state index contributed by atoms with van der Waals surface area (Å²) < 4.78 is 6.15. The van der Waals surface area contributed by atoms with Crippen LogP contribution in [0.1, 0.15) is 22.8 Å². The summed E-state index contributed by atoms with van der Waals surface area (Å²) in [6.07, 6.45) is 0. The van der Waals surface area contributed by atoms with Gasteiger partial charge in [-0.15, -0.1) is 0 Å². The van der Waals surface area contributed by atoms with Gasteiger partial charge in [-0.2, -0.15) is 0 Å². The van der Waals surface area contributed by atoms with Gasteiger partial charge >= 0.3 is 0 Å². The molecule has 23 heavy (non-hydrogen) atoms. The van der Waals surface area contributed by atoms with Crippen LogP contribution >= 0.6 is 28.1 Å². The highest BCUT2D eigenvalue weighted by molar-refractivity contribution is 9.10. The normalized spacial score (nSPS) is 10.0. The second-order valence-corrected chi connectivity index (χ2v) is 6.12. The van der Waals surface area contributed by atoms with Crippen LogP contribution in [0.4, 0.5) is 5.69 Å². The Balaban J connectivity index is 1.99. The number of anilines is 1. The molecule has 4 nitrogen and oxygen atoms in total. The number of hydrogen-bond donors (Lipinski definition) is 2. The fraction of sp³-hybridized carbons (Fsp3) is 0.176. The van der Waals surface area contributed by atoms with Crippen molar-refractivity contribution in [3.05, 3.63) is 58.1 Å². The number of carbonyl (C=O) groups excluding carboxylic acids is 1. The minimum absolute atomic E-state index is 0.254. The Labute approximate surface area is 149 Å². The van der Waals surface area contributed by atoms with Crippen molar-refractivity contribution < 1.29 is 9.53 Å². The highest BCUT2D eigenvalue weighted by atomic mass is 79.9. The molecule has 0 bridgehead atoms. The molecule has 0 unspecified atom stereocenters. The Kier molecular flexibility index (Phi) is 6.12. The molecule has 1 amide bonds. The molecular formula is C17H17BrN2O2S. The zero-order chi connectivity index (χ0) is 16.8. The van der Waals surface area contributed by atoms with Gasteiger partial charge in [-0.25, -0.2) is 0 Å². The Morgan fingerprint density at radius 3 is 2.52 bits per heavy atom. The van der Waals surface area contributed by atoms with Gasteiger partial charge in [0.1, 0.15) is 5.75 Å². The van der Waals surface area contributed by atoms with Gasteiger partial charge in [0.05, 0.1) is 11.1 Å². The molecule has 0 saturated heterocycles. The molecular weight excluding hydrogens is 376 g/mol. The van der Waals surface area contributed by atoms with Crippen molar-refractivity contribution in [2.75, 3.05) is 11.9 Å². The van der Waals surface area contributed by atoms with Crippen molar-refractivity contribution in [2.45, 2.75) is 13.8 Å². The summed E-state index contributed by atoms with van der Waals surface area (Å²) in [6.45, 7) is 4.48. The standard InChI is InChI=1S/C17H17BrN2O2S/c1-3-22-15-9-6-12(10-14(15)18)16(21)20-17(23)19-13-7-4-11(2)5-8-13/h4-10H,3H2,1-2H3,(H2,19,20,21,23). The second kappa shape index (κ2) is 8.08. The predicted octanol–water partition coefficient (Wildman–Crippen LogP) is 4.28. The molecule has 0 aliphatic heterocycles. The molecule has 2 N–H and O–H groups in total. The van der Waals surface area contributed by atoms with Crippen LogP contribution in [-0.4, -0.2) is 17.6 Å². The number of amides is 1. The first-order valence-corrected chi connectivity index (χ1v) is 8.31. The van der Waals surface area contributed by atoms with Gasteiger partial charge in [0.25, 0.3) is 5.91 Å². The molecule has 6 heteroatoms. The van der Waals surface area contributed by atoms with E-state index >= 15 is 0 Å².